The van der Waals surface area contributed by atoms with Crippen LogP contribution in [0.15, 0.2) is 30.5 Å². The number of nitrogens with one attached hydrogen (secondary N) is 1. The highest BCUT2D eigenvalue weighted by Crippen LogP contribution is 2.42. The number of cyclic esters (lactones) is 1. The van der Waals surface area contributed by atoms with Gasteiger partial charge in [-0.05, 0) is 104 Å². The normalized spacial score (nSPS) is 36.3. The molecule has 59 heavy (non-hydrogen) atoms. The van der Waals surface area contributed by atoms with E-state index in [1.807, 2.05) is 50.2 Å². The van der Waals surface area contributed by atoms with Crippen LogP contribution in [0.25, 0.3) is 10.9 Å². The van der Waals surface area contributed by atoms with Gasteiger partial charge in [0.05, 0.1) is 30.4 Å². The molecular formula is C44H66N4O11. The Labute approximate surface area is 348 Å². The summed E-state index contributed by atoms with van der Waals surface area (Å²) < 4.78 is 36.6. The summed E-state index contributed by atoms with van der Waals surface area (Å²) in [6.45, 7) is 14.2. The molecule has 13 atom stereocenters. The molecule has 328 valence electrons. The van der Waals surface area contributed by atoms with E-state index in [-0.39, 0.29) is 30.8 Å². The van der Waals surface area contributed by atoms with Crippen LogP contribution in [-0.4, -0.2) is 132 Å². The Morgan fingerprint density at radius 3 is 2.37 bits per heavy atom. The van der Waals surface area contributed by atoms with Gasteiger partial charge in [0.25, 0.3) is 0 Å². The number of Topliss-reactive ketones (excluding diaryl/α,β-unsaturated/α-hetero) is 2. The second kappa shape index (κ2) is 18.9. The zero-order chi connectivity index (χ0) is 43.6. The Kier molecular flexibility index (Phi) is 14.8. The number of amides is 1. The average molecular weight is 827 g/mol. The lowest BCUT2D eigenvalue weighted by Crippen LogP contribution is -2.61. The molecule has 1 aromatic heterocycles. The van der Waals surface area contributed by atoms with Gasteiger partial charge in [0.1, 0.15) is 35.7 Å². The Bertz CT molecular complexity index is 1830. The number of methoxy groups -OCH3 is 2. The van der Waals surface area contributed by atoms with E-state index in [0.29, 0.717) is 25.8 Å². The average Bonchev–Trinajstić information content (AvgIpc) is 3.47. The Balaban J connectivity index is 1.46. The molecule has 0 unspecified atom stereocenters. The van der Waals surface area contributed by atoms with Crippen molar-refractivity contribution in [1.29, 1.82) is 0 Å². The fourth-order valence-electron chi connectivity index (χ4n) is 9.54. The number of ether oxygens (including phenoxy) is 6. The highest BCUT2D eigenvalue weighted by molar-refractivity contribution is 6.00. The van der Waals surface area contributed by atoms with Crippen molar-refractivity contribution in [1.82, 2.24) is 20.3 Å². The molecule has 3 aliphatic heterocycles. The second-order valence-electron chi connectivity index (χ2n) is 17.4. The zero-order valence-electron chi connectivity index (χ0n) is 36.9. The molecule has 0 spiro atoms. The molecule has 3 saturated heterocycles. The molecule has 3 fully saturated rings. The molecule has 4 heterocycles. The molecule has 0 aliphatic carbocycles. The number of aromatic nitrogens is 1. The van der Waals surface area contributed by atoms with Gasteiger partial charge in [0.2, 0.25) is 0 Å². The highest BCUT2D eigenvalue weighted by Gasteiger charge is 2.61. The van der Waals surface area contributed by atoms with E-state index in [1.54, 1.807) is 54.8 Å². The number of aliphatic hydroxyl groups excluding tert-OH is 1. The molecule has 0 saturated carbocycles. The minimum Gasteiger partial charge on any atom is -0.497 e. The lowest BCUT2D eigenvalue weighted by Gasteiger charge is -2.47. The zero-order valence-corrected chi connectivity index (χ0v) is 36.9. The van der Waals surface area contributed by atoms with Gasteiger partial charge in [0, 0.05) is 49.0 Å². The van der Waals surface area contributed by atoms with E-state index in [2.05, 4.69) is 10.4 Å². The molecule has 15 nitrogen and oxygen atoms in total. The van der Waals surface area contributed by atoms with E-state index in [4.69, 9.17) is 28.4 Å². The quantitative estimate of drug-likeness (QED) is 0.178. The molecule has 0 bridgehead atoms. The molecule has 3 aliphatic rings. The summed E-state index contributed by atoms with van der Waals surface area (Å²) in [5.41, 5.74) is 2.41. The molecule has 2 N–H and O–H groups in total. The maximum absolute atomic E-state index is 14.7. The van der Waals surface area contributed by atoms with Crippen LogP contribution in [0.2, 0.25) is 0 Å². The van der Waals surface area contributed by atoms with Crippen molar-refractivity contribution in [3.63, 3.8) is 0 Å². The van der Waals surface area contributed by atoms with Crippen LogP contribution in [0.4, 0.5) is 4.79 Å². The SMILES string of the molecule is CC[C@H]1OC(=O)[C@H](C)C(=O)[C@H](C)[C@@H](O[C@@H]2O[C@H](C)C[C@H](N(C)C)[C@H]2O)[C@](C)(OC)C[C@@H](C)C(=O)[C@H](C)[C@H]2N(NCCCc3ccnc4ccc(OC)cc34)C(=O)O[C@]12C. The summed E-state index contributed by atoms with van der Waals surface area (Å²) in [7, 11) is 6.85. The third kappa shape index (κ3) is 9.45. The third-order valence-corrected chi connectivity index (χ3v) is 13.0. The predicted molar refractivity (Wildman–Crippen MR) is 219 cm³/mol. The summed E-state index contributed by atoms with van der Waals surface area (Å²) in [6, 6.07) is 6.51. The van der Waals surface area contributed by atoms with Gasteiger partial charge in [-0.15, -0.1) is 0 Å². The maximum atomic E-state index is 14.7. The smallest absolute Gasteiger partial charge is 0.425 e. The standard InChI is InChI=1S/C44H66N4O11/c1-13-34-44(8)38(48(42(53)59-44)46-19-14-15-29-18-20-45-32-17-16-30(54-11)22-31(29)32)26(4)35(49)24(2)23-43(7,55-12)39(27(5)36(50)28(6)40(52)57-34)58-41-37(51)33(47(9)10)21-25(3)56-41/h16-18,20,22,24-28,33-34,37-39,41,46,51H,13-15,19,21,23H2,1-12H3/t24-,25-,26+,27+,28-,33+,34-,37-,38-,39-,41+,43-,44-/m1/s1. The number of benzene rings is 1. The number of ketones is 2. The number of nitrogens with zero attached hydrogens (tertiary/aromatic N) is 3. The van der Waals surface area contributed by atoms with Crippen LogP contribution in [0.3, 0.4) is 0 Å². The molecule has 1 aromatic carbocycles. The topological polar surface area (TPSA) is 175 Å². The molecule has 15 heteroatoms. The monoisotopic (exact) mass is 826 g/mol. The van der Waals surface area contributed by atoms with Gasteiger partial charge in [-0.1, -0.05) is 27.7 Å². The Morgan fingerprint density at radius 1 is 1.02 bits per heavy atom. The number of carbonyl (C=O) groups is 4. The number of rotatable bonds is 11. The number of esters is 1. The maximum Gasteiger partial charge on any atom is 0.425 e. The van der Waals surface area contributed by atoms with Gasteiger partial charge < -0.3 is 38.4 Å². The number of hydrogen-bond donors (Lipinski definition) is 2. The van der Waals surface area contributed by atoms with Crippen LogP contribution in [0.5, 0.6) is 5.75 Å². The predicted octanol–water partition coefficient (Wildman–Crippen LogP) is 4.88. The fourth-order valence-corrected chi connectivity index (χ4v) is 9.54. The van der Waals surface area contributed by atoms with Crippen molar-refractivity contribution in [2.45, 2.75) is 141 Å². The van der Waals surface area contributed by atoms with Crippen molar-refractivity contribution < 1.29 is 52.7 Å². The largest absolute Gasteiger partial charge is 0.497 e. The first kappa shape index (κ1) is 46.3. The van der Waals surface area contributed by atoms with Crippen molar-refractivity contribution in [2.75, 3.05) is 34.9 Å². The van der Waals surface area contributed by atoms with Gasteiger partial charge >= 0.3 is 12.1 Å². The fraction of sp³-hybridized carbons (Fsp3) is 0.705. The summed E-state index contributed by atoms with van der Waals surface area (Å²) in [5.74, 6) is -4.42. The van der Waals surface area contributed by atoms with E-state index in [9.17, 15) is 24.3 Å². The van der Waals surface area contributed by atoms with Gasteiger partial charge in [-0.2, -0.15) is 0 Å². The number of aryl methyl sites for hydroxylation is 1. The number of hydrogen-bond acceptors (Lipinski definition) is 14. The number of pyridine rings is 1. The van der Waals surface area contributed by atoms with Crippen LogP contribution in [0, 0.1) is 23.7 Å². The lowest BCUT2D eigenvalue weighted by atomic mass is 9.73. The molecular weight excluding hydrogens is 761 g/mol. The molecule has 5 rings (SSSR count). The number of carbonyl (C=O) groups excluding carboxylic acids is 4. The first-order chi connectivity index (χ1) is 27.8. The van der Waals surface area contributed by atoms with Crippen molar-refractivity contribution in [3.8, 4) is 5.75 Å². The lowest BCUT2D eigenvalue weighted by molar-refractivity contribution is -0.295. The summed E-state index contributed by atoms with van der Waals surface area (Å²) in [5, 5.41) is 13.8. The number of fused-ring (bicyclic) bond motifs is 2. The van der Waals surface area contributed by atoms with E-state index in [1.165, 1.54) is 19.0 Å². The van der Waals surface area contributed by atoms with E-state index < -0.39 is 83.4 Å². The first-order valence-corrected chi connectivity index (χ1v) is 21.0. The second-order valence-corrected chi connectivity index (χ2v) is 17.4. The number of likely N-dealkylation sites (N-methyl/N-ethyl adjacent to an activating group) is 1. The van der Waals surface area contributed by atoms with Gasteiger partial charge in [-0.25, -0.2) is 15.2 Å². The van der Waals surface area contributed by atoms with E-state index in [0.717, 1.165) is 22.2 Å². The summed E-state index contributed by atoms with van der Waals surface area (Å²) in [6.07, 6.45) is -1.26. The van der Waals surface area contributed by atoms with E-state index >= 15 is 0 Å². The van der Waals surface area contributed by atoms with Gasteiger partial charge in [-0.3, -0.25) is 19.4 Å². The van der Waals surface area contributed by atoms with Crippen molar-refractivity contribution >= 4 is 34.5 Å². The minimum atomic E-state index is -1.47. The molecule has 0 radical (unpaired) electrons. The van der Waals surface area contributed by atoms with Crippen molar-refractivity contribution in [2.24, 2.45) is 23.7 Å². The van der Waals surface area contributed by atoms with Crippen LogP contribution in [-0.2, 0) is 44.5 Å². The Morgan fingerprint density at radius 2 is 1.73 bits per heavy atom. The third-order valence-electron chi connectivity index (χ3n) is 13.0. The van der Waals surface area contributed by atoms with Gasteiger partial charge in [0.15, 0.2) is 17.7 Å². The highest BCUT2D eigenvalue weighted by atomic mass is 16.7. The summed E-state index contributed by atoms with van der Waals surface area (Å²) in [4.78, 5) is 63.3. The van der Waals surface area contributed by atoms with Crippen LogP contribution >= 0.6 is 0 Å². The van der Waals surface area contributed by atoms with Crippen LogP contribution in [0.1, 0.15) is 86.6 Å². The summed E-state index contributed by atoms with van der Waals surface area (Å²) >= 11 is 0. The van der Waals surface area contributed by atoms with Crippen molar-refractivity contribution in [3.05, 3.63) is 36.0 Å². The van der Waals surface area contributed by atoms with Crippen LogP contribution < -0.4 is 10.2 Å². The molecule has 2 aromatic rings. The molecule has 1 amide bonds. The Hall–Kier alpha value is -3.73. The minimum absolute atomic E-state index is 0.108. The number of aliphatic hydroxyl groups is 1. The first-order valence-electron chi connectivity index (χ1n) is 21.0. The number of hydrazine groups is 1.